The summed E-state index contributed by atoms with van der Waals surface area (Å²) < 4.78 is 6.75. The molecular weight excluding hydrogens is 409 g/mol. The van der Waals surface area contributed by atoms with Gasteiger partial charge in [-0.25, -0.2) is 4.90 Å². The third-order valence-electron chi connectivity index (χ3n) is 3.63. The van der Waals surface area contributed by atoms with Gasteiger partial charge in [-0.15, -0.1) is 0 Å². The third kappa shape index (κ3) is 2.75. The number of anilines is 1. The van der Waals surface area contributed by atoms with E-state index in [1.54, 1.807) is 6.92 Å². The quantitative estimate of drug-likeness (QED) is 0.554. The van der Waals surface area contributed by atoms with Crippen molar-refractivity contribution in [1.82, 2.24) is 0 Å². The minimum Gasteiger partial charge on any atom is -0.454 e. The Bertz CT molecular complexity index is 734. The molecule has 0 radical (unpaired) electrons. The Morgan fingerprint density at radius 2 is 1.77 bits per heavy atom. The van der Waals surface area contributed by atoms with Crippen molar-refractivity contribution in [3.8, 4) is 0 Å². The lowest BCUT2D eigenvalue weighted by atomic mass is 9.95. The van der Waals surface area contributed by atoms with Gasteiger partial charge in [0.15, 0.2) is 5.60 Å². The largest absolute Gasteiger partial charge is 0.454 e. The van der Waals surface area contributed by atoms with Crippen LogP contribution < -0.4 is 4.90 Å². The zero-order valence-corrected chi connectivity index (χ0v) is 14.9. The van der Waals surface area contributed by atoms with E-state index in [0.29, 0.717) is 6.42 Å². The molecule has 22 heavy (non-hydrogen) atoms. The summed E-state index contributed by atoms with van der Waals surface area (Å²) >= 11 is 7.50. The molecule has 1 atom stereocenters. The number of hydrogen-bond acceptors (Lipinski definition) is 3. The standard InChI is InChI=1S/C17H14INO2S/c1-17(11-12-7-3-2-4-8-12)15(20)19(16(22)21-17)14-10-6-5-9-13(14)18/h2-10H,11H2,1H3/t17-/m1/s1. The zero-order chi connectivity index (χ0) is 15.7. The molecule has 1 amide bonds. The van der Waals surface area contributed by atoms with Gasteiger partial charge in [0.2, 0.25) is 0 Å². The van der Waals surface area contributed by atoms with Crippen molar-refractivity contribution in [2.75, 3.05) is 4.90 Å². The second kappa shape index (κ2) is 5.96. The van der Waals surface area contributed by atoms with Crippen LogP contribution >= 0.6 is 34.8 Å². The summed E-state index contributed by atoms with van der Waals surface area (Å²) in [6.07, 6.45) is 0.493. The summed E-state index contributed by atoms with van der Waals surface area (Å²) in [6, 6.07) is 17.5. The molecule has 0 aliphatic carbocycles. The highest BCUT2D eigenvalue weighted by Crippen LogP contribution is 2.34. The molecule has 3 nitrogen and oxygen atoms in total. The van der Waals surface area contributed by atoms with Crippen molar-refractivity contribution in [3.63, 3.8) is 0 Å². The summed E-state index contributed by atoms with van der Waals surface area (Å²) in [4.78, 5) is 14.4. The van der Waals surface area contributed by atoms with Gasteiger partial charge in [-0.05, 0) is 59.4 Å². The highest BCUT2D eigenvalue weighted by atomic mass is 127. The van der Waals surface area contributed by atoms with Crippen LogP contribution in [0, 0.1) is 3.57 Å². The molecule has 0 aromatic heterocycles. The molecule has 5 heteroatoms. The van der Waals surface area contributed by atoms with E-state index in [1.165, 1.54) is 4.90 Å². The number of benzene rings is 2. The number of carbonyl (C=O) groups excluding carboxylic acids is 1. The highest BCUT2D eigenvalue weighted by Gasteiger charge is 2.49. The third-order valence-corrected chi connectivity index (χ3v) is 4.81. The molecule has 0 unspecified atom stereocenters. The molecule has 2 aromatic rings. The summed E-state index contributed by atoms with van der Waals surface area (Å²) in [6.45, 7) is 1.80. The first-order valence-electron chi connectivity index (χ1n) is 6.87. The molecule has 1 saturated heterocycles. The number of hydrogen-bond donors (Lipinski definition) is 0. The average Bonchev–Trinajstić information content (AvgIpc) is 2.71. The van der Waals surface area contributed by atoms with Gasteiger partial charge in [0, 0.05) is 9.99 Å². The predicted molar refractivity (Wildman–Crippen MR) is 98.9 cm³/mol. The van der Waals surface area contributed by atoms with Crippen molar-refractivity contribution < 1.29 is 9.53 Å². The van der Waals surface area contributed by atoms with Gasteiger partial charge in [0.05, 0.1) is 5.69 Å². The fraction of sp³-hybridized carbons (Fsp3) is 0.176. The minimum absolute atomic E-state index is 0.120. The van der Waals surface area contributed by atoms with Gasteiger partial charge in [-0.2, -0.15) is 0 Å². The average molecular weight is 423 g/mol. The first kappa shape index (κ1) is 15.4. The summed E-state index contributed by atoms with van der Waals surface area (Å²) in [5.41, 5.74) is 0.859. The predicted octanol–water partition coefficient (Wildman–Crippen LogP) is 3.94. The zero-order valence-electron chi connectivity index (χ0n) is 12.0. The van der Waals surface area contributed by atoms with E-state index in [2.05, 4.69) is 22.6 Å². The number of thiocarbonyl (C=S) groups is 1. The van der Waals surface area contributed by atoms with E-state index in [9.17, 15) is 4.79 Å². The molecule has 112 valence electrons. The van der Waals surface area contributed by atoms with E-state index in [1.807, 2.05) is 54.6 Å². The Labute approximate surface area is 148 Å². The Balaban J connectivity index is 1.93. The first-order valence-corrected chi connectivity index (χ1v) is 8.36. The topological polar surface area (TPSA) is 29.5 Å². The van der Waals surface area contributed by atoms with Crippen molar-refractivity contribution in [3.05, 3.63) is 63.7 Å². The fourth-order valence-electron chi connectivity index (χ4n) is 2.54. The van der Waals surface area contributed by atoms with Crippen molar-refractivity contribution >= 4 is 51.6 Å². The molecule has 2 aromatic carbocycles. The van der Waals surface area contributed by atoms with Crippen LogP contribution in [0.1, 0.15) is 12.5 Å². The maximum atomic E-state index is 12.9. The molecule has 0 saturated carbocycles. The number of para-hydroxylation sites is 1. The lowest BCUT2D eigenvalue weighted by molar-refractivity contribution is -0.128. The number of halogens is 1. The molecular formula is C17H14INO2S. The molecule has 3 rings (SSSR count). The van der Waals surface area contributed by atoms with Gasteiger partial charge in [-0.3, -0.25) is 4.79 Å². The van der Waals surface area contributed by atoms with Crippen LogP contribution in [0.25, 0.3) is 0 Å². The number of nitrogens with zero attached hydrogens (tertiary/aromatic N) is 1. The summed E-state index contributed by atoms with van der Waals surface area (Å²) in [5.74, 6) is -0.120. The van der Waals surface area contributed by atoms with E-state index in [-0.39, 0.29) is 11.1 Å². The van der Waals surface area contributed by atoms with Crippen LogP contribution in [0.4, 0.5) is 5.69 Å². The molecule has 0 spiro atoms. The molecule has 0 bridgehead atoms. The lowest BCUT2D eigenvalue weighted by Gasteiger charge is -2.20. The van der Waals surface area contributed by atoms with Gasteiger partial charge in [-0.1, -0.05) is 42.5 Å². The Morgan fingerprint density at radius 3 is 2.45 bits per heavy atom. The van der Waals surface area contributed by atoms with Crippen LogP contribution in [0.3, 0.4) is 0 Å². The Morgan fingerprint density at radius 1 is 1.14 bits per heavy atom. The van der Waals surface area contributed by atoms with Crippen LogP contribution in [-0.4, -0.2) is 16.7 Å². The Kier molecular flexibility index (Phi) is 4.18. The smallest absolute Gasteiger partial charge is 0.278 e. The number of rotatable bonds is 3. The molecule has 0 N–H and O–H groups in total. The molecule has 1 heterocycles. The summed E-state index contributed by atoms with van der Waals surface area (Å²) in [7, 11) is 0. The normalized spacial score (nSPS) is 21.1. The van der Waals surface area contributed by atoms with Crippen molar-refractivity contribution in [2.45, 2.75) is 18.9 Å². The summed E-state index contributed by atoms with van der Waals surface area (Å²) in [5, 5.41) is 0.215. The number of ether oxygens (including phenoxy) is 1. The van der Waals surface area contributed by atoms with Crippen molar-refractivity contribution in [1.29, 1.82) is 0 Å². The molecule has 1 aliphatic heterocycles. The van der Waals surface area contributed by atoms with Crippen molar-refractivity contribution in [2.24, 2.45) is 0 Å². The Hall–Kier alpha value is -1.47. The SMILES string of the molecule is C[C@]1(Cc2ccccc2)OC(=S)N(c2ccccc2I)C1=O. The van der Waals surface area contributed by atoms with Gasteiger partial charge in [0.1, 0.15) is 0 Å². The number of carbonyl (C=O) groups is 1. The monoisotopic (exact) mass is 423 g/mol. The van der Waals surface area contributed by atoms with Crippen LogP contribution in [0.15, 0.2) is 54.6 Å². The fourth-order valence-corrected chi connectivity index (χ4v) is 3.53. The van der Waals surface area contributed by atoms with Gasteiger partial charge < -0.3 is 4.74 Å². The maximum Gasteiger partial charge on any atom is 0.278 e. The van der Waals surface area contributed by atoms with Crippen LogP contribution in [-0.2, 0) is 16.0 Å². The molecule has 1 aliphatic rings. The number of amides is 1. The van der Waals surface area contributed by atoms with E-state index in [4.69, 9.17) is 17.0 Å². The maximum absolute atomic E-state index is 12.9. The first-order chi connectivity index (χ1) is 10.5. The highest BCUT2D eigenvalue weighted by molar-refractivity contribution is 14.1. The van der Waals surface area contributed by atoms with Crippen LogP contribution in [0.5, 0.6) is 0 Å². The lowest BCUT2D eigenvalue weighted by Crippen LogP contribution is -2.40. The second-order valence-corrected chi connectivity index (χ2v) is 6.86. The van der Waals surface area contributed by atoms with E-state index in [0.717, 1.165) is 14.8 Å². The van der Waals surface area contributed by atoms with E-state index >= 15 is 0 Å². The van der Waals surface area contributed by atoms with Gasteiger partial charge >= 0.3 is 0 Å². The second-order valence-electron chi connectivity index (χ2n) is 5.35. The van der Waals surface area contributed by atoms with Gasteiger partial charge in [0.25, 0.3) is 11.1 Å². The van der Waals surface area contributed by atoms with E-state index < -0.39 is 5.60 Å². The molecule has 1 fully saturated rings. The minimum atomic E-state index is -0.961. The van der Waals surface area contributed by atoms with Crippen LogP contribution in [0.2, 0.25) is 0 Å².